The van der Waals surface area contributed by atoms with Gasteiger partial charge in [-0.15, -0.1) is 0 Å². The summed E-state index contributed by atoms with van der Waals surface area (Å²) in [4.78, 5) is 0. The van der Waals surface area contributed by atoms with Gasteiger partial charge >= 0.3 is 113 Å². The quantitative estimate of drug-likeness (QED) is 0.517. The van der Waals surface area contributed by atoms with Gasteiger partial charge in [-0.05, 0) is 0 Å². The summed E-state index contributed by atoms with van der Waals surface area (Å²) in [6.07, 6.45) is 0. The molecular formula is C16H10Sn. The van der Waals surface area contributed by atoms with Crippen molar-refractivity contribution in [3.05, 3.63) is 71.8 Å². The third-order valence-electron chi connectivity index (χ3n) is 2.09. The minimum atomic E-state index is -0.867. The van der Waals surface area contributed by atoms with Crippen molar-refractivity contribution in [2.45, 2.75) is 0 Å². The molecule has 0 fully saturated rings. The summed E-state index contributed by atoms with van der Waals surface area (Å²) >= 11 is -0.867. The van der Waals surface area contributed by atoms with Crippen molar-refractivity contribution in [1.29, 1.82) is 0 Å². The molecule has 0 heterocycles. The molecular weight excluding hydrogens is 311 g/mol. The first-order valence-electron chi connectivity index (χ1n) is 5.32. The van der Waals surface area contributed by atoms with Crippen molar-refractivity contribution >= 4 is 21.1 Å². The van der Waals surface area contributed by atoms with Crippen LogP contribution in [-0.2, 0) is 0 Å². The molecule has 17 heavy (non-hydrogen) atoms. The van der Waals surface area contributed by atoms with Crippen LogP contribution in [0.15, 0.2) is 60.7 Å². The van der Waals surface area contributed by atoms with Crippen molar-refractivity contribution in [3.8, 4) is 19.7 Å². The molecule has 2 aromatic carbocycles. The Labute approximate surface area is 112 Å². The molecule has 2 radical (unpaired) electrons. The topological polar surface area (TPSA) is 0 Å². The van der Waals surface area contributed by atoms with E-state index in [9.17, 15) is 0 Å². The second-order valence-corrected chi connectivity index (χ2v) is 5.50. The molecule has 0 bridgehead atoms. The van der Waals surface area contributed by atoms with Gasteiger partial charge in [-0.25, -0.2) is 0 Å². The molecule has 0 aliphatic carbocycles. The average Bonchev–Trinajstić information content (AvgIpc) is 2.41. The molecule has 0 unspecified atom stereocenters. The van der Waals surface area contributed by atoms with E-state index >= 15 is 0 Å². The maximum atomic E-state index is 3.22. The van der Waals surface area contributed by atoms with E-state index in [4.69, 9.17) is 0 Å². The third-order valence-corrected chi connectivity index (χ3v) is 3.51. The number of benzene rings is 2. The van der Waals surface area contributed by atoms with Crippen LogP contribution >= 0.6 is 0 Å². The van der Waals surface area contributed by atoms with Gasteiger partial charge < -0.3 is 0 Å². The minimum absolute atomic E-state index is 0.867. The standard InChI is InChI=1S/2C8H5.Sn/c2*1-2-8-6-4-3-5-7-8;/h2*3-7H;. The first-order valence-corrected chi connectivity index (χ1v) is 8.18. The second kappa shape index (κ2) is 6.84. The van der Waals surface area contributed by atoms with Gasteiger partial charge in [0.25, 0.3) is 0 Å². The fraction of sp³-hybridized carbons (Fsp3) is 0. The van der Waals surface area contributed by atoms with Gasteiger partial charge in [-0.1, -0.05) is 0 Å². The molecule has 0 nitrogen and oxygen atoms in total. The number of hydrogen-bond donors (Lipinski definition) is 0. The Hall–Kier alpha value is -1.64. The molecule has 78 valence electrons. The summed E-state index contributed by atoms with van der Waals surface area (Å²) in [6.45, 7) is 0. The fourth-order valence-electron chi connectivity index (χ4n) is 1.28. The Kier molecular flexibility index (Phi) is 4.76. The molecule has 0 amide bonds. The van der Waals surface area contributed by atoms with Crippen LogP contribution in [0.25, 0.3) is 0 Å². The molecule has 0 atom stereocenters. The van der Waals surface area contributed by atoms with E-state index in [0.29, 0.717) is 0 Å². The van der Waals surface area contributed by atoms with Crippen LogP contribution in [0.4, 0.5) is 0 Å². The summed E-state index contributed by atoms with van der Waals surface area (Å²) in [6, 6.07) is 20.1. The Balaban J connectivity index is 1.93. The molecule has 1 heteroatoms. The summed E-state index contributed by atoms with van der Waals surface area (Å²) in [5.74, 6) is 6.31. The van der Waals surface area contributed by atoms with Crippen molar-refractivity contribution < 1.29 is 0 Å². The van der Waals surface area contributed by atoms with Crippen LogP contribution in [0.2, 0.25) is 0 Å². The molecule has 0 aromatic heterocycles. The molecule has 2 aromatic rings. The van der Waals surface area contributed by atoms with E-state index in [-0.39, 0.29) is 0 Å². The Morgan fingerprint density at radius 2 is 1.00 bits per heavy atom. The van der Waals surface area contributed by atoms with Gasteiger partial charge in [0.15, 0.2) is 0 Å². The molecule has 0 saturated heterocycles. The molecule has 0 aliphatic heterocycles. The monoisotopic (exact) mass is 322 g/mol. The van der Waals surface area contributed by atoms with E-state index in [1.165, 1.54) is 0 Å². The third kappa shape index (κ3) is 4.39. The van der Waals surface area contributed by atoms with E-state index in [1.54, 1.807) is 0 Å². The SMILES string of the molecule is [C](#Cc1ccccc1)[Sn][C]#Cc1ccccc1. The van der Waals surface area contributed by atoms with Crippen LogP contribution in [0.3, 0.4) is 0 Å². The molecule has 0 N–H and O–H groups in total. The van der Waals surface area contributed by atoms with Crippen molar-refractivity contribution in [3.63, 3.8) is 0 Å². The average molecular weight is 321 g/mol. The zero-order valence-electron chi connectivity index (χ0n) is 9.27. The van der Waals surface area contributed by atoms with Gasteiger partial charge in [-0.2, -0.15) is 0 Å². The first-order chi connectivity index (χ1) is 8.45. The molecule has 0 spiro atoms. The molecule has 2 rings (SSSR count). The maximum absolute atomic E-state index is 3.22. The van der Waals surface area contributed by atoms with Crippen LogP contribution in [0, 0.1) is 19.7 Å². The Morgan fingerprint density at radius 3 is 1.41 bits per heavy atom. The van der Waals surface area contributed by atoms with Crippen LogP contribution in [0.5, 0.6) is 0 Å². The van der Waals surface area contributed by atoms with Crippen molar-refractivity contribution in [2.75, 3.05) is 0 Å². The van der Waals surface area contributed by atoms with Crippen molar-refractivity contribution in [2.24, 2.45) is 0 Å². The summed E-state index contributed by atoms with van der Waals surface area (Å²) in [5, 5.41) is 0. The predicted molar refractivity (Wildman–Crippen MR) is 72.4 cm³/mol. The van der Waals surface area contributed by atoms with Gasteiger partial charge in [0, 0.05) is 0 Å². The second-order valence-electron chi connectivity index (χ2n) is 3.36. The summed E-state index contributed by atoms with van der Waals surface area (Å²) < 4.78 is 6.44. The first kappa shape index (κ1) is 11.8. The molecule has 0 saturated carbocycles. The van der Waals surface area contributed by atoms with Gasteiger partial charge in [0.2, 0.25) is 0 Å². The normalized spacial score (nSPS) is 8.47. The fourth-order valence-corrected chi connectivity index (χ4v) is 2.64. The van der Waals surface area contributed by atoms with Crippen molar-refractivity contribution in [1.82, 2.24) is 0 Å². The van der Waals surface area contributed by atoms with Crippen LogP contribution in [-0.4, -0.2) is 21.1 Å². The van der Waals surface area contributed by atoms with Gasteiger partial charge in [0.1, 0.15) is 0 Å². The van der Waals surface area contributed by atoms with E-state index in [2.05, 4.69) is 19.7 Å². The van der Waals surface area contributed by atoms with E-state index in [1.807, 2.05) is 60.7 Å². The van der Waals surface area contributed by atoms with Crippen LogP contribution in [0.1, 0.15) is 11.1 Å². The summed E-state index contributed by atoms with van der Waals surface area (Å²) in [5.41, 5.74) is 2.16. The molecule has 0 aliphatic rings. The van der Waals surface area contributed by atoms with Crippen LogP contribution < -0.4 is 0 Å². The Morgan fingerprint density at radius 1 is 0.588 bits per heavy atom. The summed E-state index contributed by atoms with van der Waals surface area (Å²) in [7, 11) is 0. The van der Waals surface area contributed by atoms with Gasteiger partial charge in [0.05, 0.1) is 0 Å². The zero-order valence-corrected chi connectivity index (χ0v) is 12.1. The number of hydrogen-bond acceptors (Lipinski definition) is 0. The number of rotatable bonds is 0. The predicted octanol–water partition coefficient (Wildman–Crippen LogP) is 2.71. The Bertz CT molecular complexity index is 522. The zero-order chi connectivity index (χ0) is 11.8. The van der Waals surface area contributed by atoms with E-state index < -0.39 is 21.1 Å². The van der Waals surface area contributed by atoms with E-state index in [0.717, 1.165) is 11.1 Å². The van der Waals surface area contributed by atoms with Gasteiger partial charge in [-0.3, -0.25) is 0 Å².